The van der Waals surface area contributed by atoms with Gasteiger partial charge in [0.25, 0.3) is 5.91 Å². The molecular weight excluding hydrogens is 346 g/mol. The number of imide groups is 1. The van der Waals surface area contributed by atoms with Gasteiger partial charge >= 0.3 is 6.03 Å². The van der Waals surface area contributed by atoms with E-state index in [0.717, 1.165) is 24.2 Å². The largest absolute Gasteiger partial charge is 0.493 e. The molecule has 1 spiro atoms. The van der Waals surface area contributed by atoms with Crippen LogP contribution in [-0.2, 0) is 15.1 Å². The van der Waals surface area contributed by atoms with E-state index in [1.807, 2.05) is 12.1 Å². The number of benzene rings is 1. The molecule has 2 N–H and O–H groups in total. The summed E-state index contributed by atoms with van der Waals surface area (Å²) in [5.74, 6) is 0.351. The zero-order chi connectivity index (χ0) is 19.0. The Bertz CT molecular complexity index is 780. The highest BCUT2D eigenvalue weighted by molar-refractivity contribution is 6.09. The first-order valence-electron chi connectivity index (χ1n) is 9.67. The monoisotopic (exact) mass is 371 g/mol. The number of amides is 4. The van der Waals surface area contributed by atoms with Gasteiger partial charge in [0.2, 0.25) is 5.91 Å². The minimum atomic E-state index is -1.13. The Balaban J connectivity index is 1.50. The average molecular weight is 371 g/mol. The molecule has 3 aliphatic rings. The number of nitrogens with zero attached hydrogens (tertiary/aromatic N) is 1. The summed E-state index contributed by atoms with van der Waals surface area (Å²) in [6.07, 6.45) is 4.67. The molecule has 0 radical (unpaired) electrons. The van der Waals surface area contributed by atoms with E-state index in [1.165, 1.54) is 6.42 Å². The Morgan fingerprint density at radius 1 is 1.30 bits per heavy atom. The minimum Gasteiger partial charge on any atom is -0.493 e. The zero-order valence-electron chi connectivity index (χ0n) is 15.5. The molecule has 2 fully saturated rings. The molecule has 1 saturated heterocycles. The molecule has 27 heavy (non-hydrogen) atoms. The van der Waals surface area contributed by atoms with Gasteiger partial charge in [0, 0.05) is 18.0 Å². The van der Waals surface area contributed by atoms with E-state index in [4.69, 9.17) is 4.74 Å². The van der Waals surface area contributed by atoms with Crippen LogP contribution in [0.3, 0.4) is 0 Å². The molecular formula is C20H25N3O4. The third-order valence-electron chi connectivity index (χ3n) is 6.02. The van der Waals surface area contributed by atoms with Crippen LogP contribution in [0.5, 0.6) is 5.75 Å². The second-order valence-corrected chi connectivity index (χ2v) is 7.76. The molecule has 3 atom stereocenters. The molecule has 1 aliphatic carbocycles. The van der Waals surface area contributed by atoms with Gasteiger partial charge in [-0.2, -0.15) is 0 Å². The van der Waals surface area contributed by atoms with E-state index in [-0.39, 0.29) is 24.4 Å². The quantitative estimate of drug-likeness (QED) is 0.795. The number of carbonyl (C=O) groups excluding carboxylic acids is 3. The summed E-state index contributed by atoms with van der Waals surface area (Å²) in [6, 6.07) is 6.81. The van der Waals surface area contributed by atoms with E-state index in [1.54, 1.807) is 12.1 Å². The second kappa shape index (κ2) is 6.87. The lowest BCUT2D eigenvalue weighted by Gasteiger charge is -2.33. The highest BCUT2D eigenvalue weighted by Crippen LogP contribution is 2.40. The van der Waals surface area contributed by atoms with Crippen LogP contribution < -0.4 is 15.4 Å². The molecule has 1 aromatic carbocycles. The number of urea groups is 1. The molecule has 2 aliphatic heterocycles. The third-order valence-corrected chi connectivity index (χ3v) is 6.02. The Kier molecular flexibility index (Phi) is 4.53. The van der Waals surface area contributed by atoms with Crippen molar-refractivity contribution >= 4 is 17.8 Å². The fraction of sp³-hybridized carbons (Fsp3) is 0.550. The number of nitrogens with one attached hydrogen (secondary N) is 2. The molecule has 144 valence electrons. The molecule has 1 aromatic rings. The van der Waals surface area contributed by atoms with Crippen LogP contribution in [0.25, 0.3) is 0 Å². The van der Waals surface area contributed by atoms with Gasteiger partial charge in [-0.05, 0) is 24.8 Å². The normalized spacial score (nSPS) is 29.9. The van der Waals surface area contributed by atoms with E-state index < -0.39 is 11.6 Å². The van der Waals surface area contributed by atoms with Crippen LogP contribution in [0.2, 0.25) is 0 Å². The van der Waals surface area contributed by atoms with E-state index in [0.29, 0.717) is 30.3 Å². The van der Waals surface area contributed by atoms with Gasteiger partial charge in [-0.1, -0.05) is 38.0 Å². The van der Waals surface area contributed by atoms with Crippen molar-refractivity contribution in [2.75, 3.05) is 13.2 Å². The van der Waals surface area contributed by atoms with Gasteiger partial charge in [0.1, 0.15) is 12.3 Å². The topological polar surface area (TPSA) is 87.7 Å². The van der Waals surface area contributed by atoms with E-state index in [2.05, 4.69) is 17.6 Å². The molecule has 2 heterocycles. The molecule has 7 nitrogen and oxygen atoms in total. The molecule has 7 heteroatoms. The minimum absolute atomic E-state index is 0.116. The Morgan fingerprint density at radius 2 is 2.07 bits per heavy atom. The lowest BCUT2D eigenvalue weighted by Crippen LogP contribution is -2.49. The van der Waals surface area contributed by atoms with Gasteiger partial charge in [-0.25, -0.2) is 4.79 Å². The van der Waals surface area contributed by atoms with Crippen LogP contribution in [-0.4, -0.2) is 41.9 Å². The van der Waals surface area contributed by atoms with Crippen molar-refractivity contribution in [2.24, 2.45) is 5.92 Å². The van der Waals surface area contributed by atoms with Gasteiger partial charge in [-0.15, -0.1) is 0 Å². The van der Waals surface area contributed by atoms with E-state index >= 15 is 0 Å². The van der Waals surface area contributed by atoms with E-state index in [9.17, 15) is 14.4 Å². The molecule has 0 aromatic heterocycles. The van der Waals surface area contributed by atoms with Crippen LogP contribution >= 0.6 is 0 Å². The molecule has 1 saturated carbocycles. The van der Waals surface area contributed by atoms with Gasteiger partial charge in [0.05, 0.1) is 6.61 Å². The predicted octanol–water partition coefficient (Wildman–Crippen LogP) is 1.91. The van der Waals surface area contributed by atoms with Crippen LogP contribution in [0.15, 0.2) is 24.3 Å². The van der Waals surface area contributed by atoms with Crippen LogP contribution in [0.1, 0.15) is 44.6 Å². The molecule has 0 unspecified atom stereocenters. The summed E-state index contributed by atoms with van der Waals surface area (Å²) in [7, 11) is 0. The van der Waals surface area contributed by atoms with Crippen molar-refractivity contribution in [1.29, 1.82) is 0 Å². The van der Waals surface area contributed by atoms with Crippen LogP contribution in [0, 0.1) is 5.92 Å². The van der Waals surface area contributed by atoms with Crippen molar-refractivity contribution in [3.05, 3.63) is 29.8 Å². The van der Waals surface area contributed by atoms with Crippen molar-refractivity contribution in [3.8, 4) is 5.75 Å². The van der Waals surface area contributed by atoms with Crippen LogP contribution in [0.4, 0.5) is 4.79 Å². The Morgan fingerprint density at radius 3 is 2.89 bits per heavy atom. The fourth-order valence-corrected chi connectivity index (χ4v) is 4.44. The summed E-state index contributed by atoms with van der Waals surface area (Å²) in [5.41, 5.74) is -0.483. The van der Waals surface area contributed by atoms with Crippen molar-refractivity contribution in [2.45, 2.75) is 50.6 Å². The Hall–Kier alpha value is -2.57. The lowest BCUT2D eigenvalue weighted by molar-refractivity contribution is -0.136. The number of para-hydroxylation sites is 1. The Labute approximate surface area is 158 Å². The number of rotatable bonds is 3. The predicted molar refractivity (Wildman–Crippen MR) is 98.0 cm³/mol. The number of fused-ring (bicyclic) bond motifs is 2. The smallest absolute Gasteiger partial charge is 0.325 e. The summed E-state index contributed by atoms with van der Waals surface area (Å²) in [4.78, 5) is 39.2. The standard InChI is InChI=1S/C20H25N3O4/c1-13-6-2-4-8-15(13)21-17(24)12-23-18(25)20(22-19(23)26)10-11-27-16-9-5-3-7-14(16)20/h3,5,7,9,13,15H,2,4,6,8,10-12H2,1H3,(H,21,24)(H,22,26)/t13-,15+,20+/m1/s1. The highest BCUT2D eigenvalue weighted by atomic mass is 16.5. The van der Waals surface area contributed by atoms with Crippen molar-refractivity contribution in [1.82, 2.24) is 15.5 Å². The maximum absolute atomic E-state index is 13.2. The summed E-state index contributed by atoms with van der Waals surface area (Å²) < 4.78 is 5.62. The van der Waals surface area contributed by atoms with Crippen molar-refractivity contribution < 1.29 is 19.1 Å². The number of carbonyl (C=O) groups is 3. The average Bonchev–Trinajstić information content (AvgIpc) is 2.89. The lowest BCUT2D eigenvalue weighted by atomic mass is 9.84. The maximum Gasteiger partial charge on any atom is 0.325 e. The van der Waals surface area contributed by atoms with Gasteiger partial charge < -0.3 is 15.4 Å². The summed E-state index contributed by atoms with van der Waals surface area (Å²) >= 11 is 0. The number of hydrogen-bond acceptors (Lipinski definition) is 4. The first-order chi connectivity index (χ1) is 13.0. The highest BCUT2D eigenvalue weighted by Gasteiger charge is 2.55. The maximum atomic E-state index is 13.2. The molecule has 4 amide bonds. The SMILES string of the molecule is C[C@@H]1CCCC[C@@H]1NC(=O)CN1C(=O)N[C@]2(CCOc3ccccc32)C1=O. The first-order valence-corrected chi connectivity index (χ1v) is 9.67. The number of hydrogen-bond donors (Lipinski definition) is 2. The third kappa shape index (κ3) is 3.05. The summed E-state index contributed by atoms with van der Waals surface area (Å²) in [5, 5.41) is 5.83. The van der Waals surface area contributed by atoms with Gasteiger partial charge in [-0.3, -0.25) is 14.5 Å². The number of ether oxygens (including phenoxy) is 1. The van der Waals surface area contributed by atoms with Gasteiger partial charge in [0.15, 0.2) is 5.54 Å². The molecule has 0 bridgehead atoms. The zero-order valence-corrected chi connectivity index (χ0v) is 15.5. The molecule has 4 rings (SSSR count). The summed E-state index contributed by atoms with van der Waals surface area (Å²) in [6.45, 7) is 2.22. The van der Waals surface area contributed by atoms with Crippen molar-refractivity contribution in [3.63, 3.8) is 0 Å². The fourth-order valence-electron chi connectivity index (χ4n) is 4.44. The second-order valence-electron chi connectivity index (χ2n) is 7.76. The first kappa shape index (κ1) is 17.8.